The van der Waals surface area contributed by atoms with Crippen molar-refractivity contribution in [3.05, 3.63) is 6.33 Å². The largest absolute Gasteiger partial charge is 0.465 e. The Morgan fingerprint density at radius 2 is 2.53 bits per heavy atom. The van der Waals surface area contributed by atoms with Crippen LogP contribution in [0.15, 0.2) is 11.5 Å². The summed E-state index contributed by atoms with van der Waals surface area (Å²) in [6, 6.07) is 0.546. The molecule has 0 unspecified atom stereocenters. The van der Waals surface area contributed by atoms with Gasteiger partial charge in [0.15, 0.2) is 5.16 Å². The number of thioether (sulfide) groups is 1. The molecule has 1 heterocycles. The molecule has 15 heavy (non-hydrogen) atoms. The van der Waals surface area contributed by atoms with Crippen molar-refractivity contribution in [1.82, 2.24) is 14.8 Å². The van der Waals surface area contributed by atoms with Crippen molar-refractivity contribution in [3.8, 4) is 0 Å². The molecular formula is C9H13N3O2S. The summed E-state index contributed by atoms with van der Waals surface area (Å²) in [5.74, 6) is 0.104. The molecule has 1 saturated carbocycles. The summed E-state index contributed by atoms with van der Waals surface area (Å²) < 4.78 is 6.87. The number of esters is 1. The minimum Gasteiger partial charge on any atom is -0.465 e. The standard InChI is InChI=1S/C9H13N3O2S/c1-2-14-8(13)5-15-9-11-10-6-12(9)7-3-4-7/h6-7H,2-5H2,1H3. The molecule has 0 aliphatic heterocycles. The lowest BCUT2D eigenvalue weighted by Crippen LogP contribution is -2.07. The fraction of sp³-hybridized carbons (Fsp3) is 0.667. The fourth-order valence-corrected chi connectivity index (χ4v) is 2.05. The molecule has 0 spiro atoms. The van der Waals surface area contributed by atoms with Crippen molar-refractivity contribution in [3.63, 3.8) is 0 Å². The van der Waals surface area contributed by atoms with Crippen molar-refractivity contribution >= 4 is 17.7 Å². The molecule has 1 aromatic rings. The molecular weight excluding hydrogens is 214 g/mol. The van der Waals surface area contributed by atoms with Crippen LogP contribution in [0.1, 0.15) is 25.8 Å². The Balaban J connectivity index is 1.87. The van der Waals surface area contributed by atoms with Gasteiger partial charge in [-0.3, -0.25) is 4.79 Å². The third kappa shape index (κ3) is 2.71. The highest BCUT2D eigenvalue weighted by Gasteiger charge is 2.26. The molecule has 0 bridgehead atoms. The van der Waals surface area contributed by atoms with E-state index in [0.29, 0.717) is 18.4 Å². The lowest BCUT2D eigenvalue weighted by Gasteiger charge is -2.03. The maximum absolute atomic E-state index is 11.1. The van der Waals surface area contributed by atoms with E-state index in [1.54, 1.807) is 13.3 Å². The van der Waals surface area contributed by atoms with Gasteiger partial charge in [0, 0.05) is 6.04 Å². The number of rotatable bonds is 5. The zero-order valence-electron chi connectivity index (χ0n) is 8.55. The van der Waals surface area contributed by atoms with Gasteiger partial charge in [0.2, 0.25) is 0 Å². The minimum atomic E-state index is -0.201. The molecule has 2 rings (SSSR count). The van der Waals surface area contributed by atoms with Crippen molar-refractivity contribution in [2.24, 2.45) is 0 Å². The number of carbonyl (C=O) groups is 1. The normalized spacial score (nSPS) is 15.3. The smallest absolute Gasteiger partial charge is 0.316 e. The van der Waals surface area contributed by atoms with Crippen LogP contribution in [0.25, 0.3) is 0 Å². The molecule has 0 aromatic carbocycles. The Kier molecular flexibility index (Phi) is 3.25. The summed E-state index contributed by atoms with van der Waals surface area (Å²) in [7, 11) is 0. The number of hydrogen-bond donors (Lipinski definition) is 0. The van der Waals surface area contributed by atoms with Gasteiger partial charge in [-0.1, -0.05) is 11.8 Å². The first kappa shape index (κ1) is 10.5. The number of hydrogen-bond acceptors (Lipinski definition) is 5. The van der Waals surface area contributed by atoms with Crippen LogP contribution in [0.5, 0.6) is 0 Å². The van der Waals surface area contributed by atoms with Crippen LogP contribution in [0.4, 0.5) is 0 Å². The monoisotopic (exact) mass is 227 g/mol. The second kappa shape index (κ2) is 4.65. The summed E-state index contributed by atoms with van der Waals surface area (Å²) in [6.45, 7) is 2.23. The van der Waals surface area contributed by atoms with E-state index in [9.17, 15) is 4.79 Å². The van der Waals surface area contributed by atoms with E-state index in [4.69, 9.17) is 4.74 Å². The van der Waals surface area contributed by atoms with E-state index >= 15 is 0 Å². The molecule has 0 saturated heterocycles. The van der Waals surface area contributed by atoms with Crippen molar-refractivity contribution < 1.29 is 9.53 Å². The zero-order valence-corrected chi connectivity index (χ0v) is 9.37. The van der Waals surface area contributed by atoms with Crippen LogP contribution in [0, 0.1) is 0 Å². The molecule has 1 aliphatic rings. The number of carbonyl (C=O) groups excluding carboxylic acids is 1. The van der Waals surface area contributed by atoms with Gasteiger partial charge in [-0.2, -0.15) is 0 Å². The summed E-state index contributed by atoms with van der Waals surface area (Å²) in [5, 5.41) is 8.64. The van der Waals surface area contributed by atoms with Gasteiger partial charge in [-0.25, -0.2) is 0 Å². The maximum Gasteiger partial charge on any atom is 0.316 e. The van der Waals surface area contributed by atoms with Crippen LogP contribution in [0.3, 0.4) is 0 Å². The van der Waals surface area contributed by atoms with Gasteiger partial charge in [-0.15, -0.1) is 10.2 Å². The highest BCUT2D eigenvalue weighted by molar-refractivity contribution is 7.99. The first-order valence-electron chi connectivity index (χ1n) is 4.99. The third-order valence-electron chi connectivity index (χ3n) is 2.10. The van der Waals surface area contributed by atoms with Gasteiger partial charge in [-0.05, 0) is 19.8 Å². The zero-order chi connectivity index (χ0) is 10.7. The van der Waals surface area contributed by atoms with Crippen molar-refractivity contribution in [2.75, 3.05) is 12.4 Å². The van der Waals surface area contributed by atoms with E-state index < -0.39 is 0 Å². The molecule has 5 nitrogen and oxygen atoms in total. The predicted octanol–water partition coefficient (Wildman–Crippen LogP) is 1.27. The molecule has 0 N–H and O–H groups in total. The first-order chi connectivity index (χ1) is 7.31. The van der Waals surface area contributed by atoms with Crippen molar-refractivity contribution in [2.45, 2.75) is 31.0 Å². The summed E-state index contributed by atoms with van der Waals surface area (Å²) >= 11 is 1.38. The summed E-state index contributed by atoms with van der Waals surface area (Å²) in [5.41, 5.74) is 0. The highest BCUT2D eigenvalue weighted by Crippen LogP contribution is 2.37. The van der Waals surface area contributed by atoms with Crippen LogP contribution in [0.2, 0.25) is 0 Å². The van der Waals surface area contributed by atoms with E-state index in [0.717, 1.165) is 5.16 Å². The Bertz CT molecular complexity index is 349. The summed E-state index contributed by atoms with van der Waals surface area (Å²) in [6.07, 6.45) is 4.10. The quantitative estimate of drug-likeness (QED) is 0.560. The Morgan fingerprint density at radius 3 is 3.20 bits per heavy atom. The van der Waals surface area contributed by atoms with E-state index in [-0.39, 0.29) is 5.97 Å². The molecule has 1 aromatic heterocycles. The van der Waals surface area contributed by atoms with Crippen LogP contribution < -0.4 is 0 Å². The fourth-order valence-electron chi connectivity index (χ4n) is 1.26. The molecule has 0 radical (unpaired) electrons. The van der Waals surface area contributed by atoms with Gasteiger partial charge in [0.05, 0.1) is 12.4 Å². The predicted molar refractivity (Wildman–Crippen MR) is 55.7 cm³/mol. The van der Waals surface area contributed by atoms with Gasteiger partial charge < -0.3 is 9.30 Å². The van der Waals surface area contributed by atoms with E-state index in [1.165, 1.54) is 24.6 Å². The molecule has 1 fully saturated rings. The third-order valence-corrected chi connectivity index (χ3v) is 3.04. The van der Waals surface area contributed by atoms with Crippen LogP contribution in [-0.4, -0.2) is 33.1 Å². The second-order valence-corrected chi connectivity index (χ2v) is 4.29. The first-order valence-corrected chi connectivity index (χ1v) is 5.97. The molecule has 1 aliphatic carbocycles. The summed E-state index contributed by atoms with van der Waals surface area (Å²) in [4.78, 5) is 11.1. The van der Waals surface area contributed by atoms with Gasteiger partial charge >= 0.3 is 5.97 Å². The van der Waals surface area contributed by atoms with Crippen LogP contribution >= 0.6 is 11.8 Å². The highest BCUT2D eigenvalue weighted by atomic mass is 32.2. The molecule has 0 amide bonds. The Morgan fingerprint density at radius 1 is 1.73 bits per heavy atom. The van der Waals surface area contributed by atoms with E-state index in [1.807, 2.05) is 4.57 Å². The molecule has 82 valence electrons. The topological polar surface area (TPSA) is 57.0 Å². The van der Waals surface area contributed by atoms with Gasteiger partial charge in [0.1, 0.15) is 6.33 Å². The van der Waals surface area contributed by atoms with E-state index in [2.05, 4.69) is 10.2 Å². The number of aromatic nitrogens is 3. The van der Waals surface area contributed by atoms with Crippen LogP contribution in [-0.2, 0) is 9.53 Å². The molecule has 0 atom stereocenters. The Labute approximate surface area is 92.2 Å². The lowest BCUT2D eigenvalue weighted by atomic mass is 10.7. The Hall–Kier alpha value is -1.04. The number of ether oxygens (including phenoxy) is 1. The lowest BCUT2D eigenvalue weighted by molar-refractivity contribution is -0.139. The average Bonchev–Trinajstić information content (AvgIpc) is 2.96. The van der Waals surface area contributed by atoms with Gasteiger partial charge in [0.25, 0.3) is 0 Å². The average molecular weight is 227 g/mol. The minimum absolute atomic E-state index is 0.201. The SMILES string of the molecule is CCOC(=O)CSc1nncn1C1CC1. The maximum atomic E-state index is 11.1. The van der Waals surface area contributed by atoms with Crippen molar-refractivity contribution in [1.29, 1.82) is 0 Å². The molecule has 6 heteroatoms. The number of nitrogens with zero attached hydrogens (tertiary/aromatic N) is 3. The second-order valence-electron chi connectivity index (χ2n) is 3.35.